The maximum atomic E-state index is 12.3. The number of hydrogen-bond donors (Lipinski definition) is 2. The molecule has 2 aromatic rings. The molecular formula is C12H14N4O3S2. The summed E-state index contributed by atoms with van der Waals surface area (Å²) < 4.78 is 7.52. The van der Waals surface area contributed by atoms with Crippen LogP contribution in [-0.2, 0) is 4.74 Å². The molecule has 0 aliphatic carbocycles. The summed E-state index contributed by atoms with van der Waals surface area (Å²) in [5, 5.41) is 0.0512. The number of rotatable bonds is 3. The number of H-pyrrole nitrogens is 1. The third-order valence-corrected chi connectivity index (χ3v) is 5.37. The maximum Gasteiger partial charge on any atom is 0.311 e. The van der Waals surface area contributed by atoms with Crippen molar-refractivity contribution < 1.29 is 4.74 Å². The van der Waals surface area contributed by atoms with Gasteiger partial charge in [0.15, 0.2) is 11.9 Å². The van der Waals surface area contributed by atoms with E-state index in [1.54, 1.807) is 17.8 Å². The summed E-state index contributed by atoms with van der Waals surface area (Å²) in [7, 11) is 0. The molecule has 0 aromatic carbocycles. The molecule has 0 saturated carbocycles. The molecule has 112 valence electrons. The summed E-state index contributed by atoms with van der Waals surface area (Å²) in [5.74, 6) is -0.0157. The van der Waals surface area contributed by atoms with E-state index < -0.39 is 11.8 Å². The molecule has 0 bridgehead atoms. The number of hydrogen-bond acceptors (Lipinski definition) is 7. The van der Waals surface area contributed by atoms with Crippen molar-refractivity contribution in [3.05, 3.63) is 32.7 Å². The molecule has 1 saturated heterocycles. The molecule has 3 N–H and O–H groups in total. The number of allylic oxidation sites excluding steroid dienone is 1. The van der Waals surface area contributed by atoms with E-state index in [0.29, 0.717) is 6.42 Å². The Labute approximate surface area is 127 Å². The number of aromatic amines is 1. The first-order valence-electron chi connectivity index (χ1n) is 6.34. The fraction of sp³-hybridized carbons (Fsp3) is 0.417. The zero-order valence-corrected chi connectivity index (χ0v) is 12.9. The first-order valence-corrected chi connectivity index (χ1v) is 8.10. The summed E-state index contributed by atoms with van der Waals surface area (Å²) >= 11 is 2.48. The lowest BCUT2D eigenvalue weighted by atomic mass is 10.2. The van der Waals surface area contributed by atoms with E-state index in [0.717, 1.165) is 11.3 Å². The topological polar surface area (TPSA) is 103 Å². The Morgan fingerprint density at radius 1 is 1.57 bits per heavy atom. The lowest BCUT2D eigenvalue weighted by Gasteiger charge is -2.17. The average Bonchev–Trinajstić information content (AvgIpc) is 2.90. The van der Waals surface area contributed by atoms with Gasteiger partial charge in [0, 0.05) is 0 Å². The highest BCUT2D eigenvalue weighted by molar-refractivity contribution is 8.00. The van der Waals surface area contributed by atoms with Crippen LogP contribution in [0.15, 0.2) is 22.2 Å². The molecular weight excluding hydrogens is 312 g/mol. The maximum absolute atomic E-state index is 12.3. The fourth-order valence-corrected chi connectivity index (χ4v) is 4.44. The summed E-state index contributed by atoms with van der Waals surface area (Å²) in [4.78, 5) is 30.4. The average molecular weight is 326 g/mol. The minimum atomic E-state index is -0.474. The van der Waals surface area contributed by atoms with Crippen LogP contribution in [-0.4, -0.2) is 25.2 Å². The van der Waals surface area contributed by atoms with Crippen LogP contribution in [0.3, 0.4) is 0 Å². The second-order valence-corrected chi connectivity index (χ2v) is 7.14. The summed E-state index contributed by atoms with van der Waals surface area (Å²) in [5.41, 5.74) is 5.41. The van der Waals surface area contributed by atoms with Gasteiger partial charge < -0.3 is 10.5 Å². The van der Waals surface area contributed by atoms with E-state index in [-0.39, 0.29) is 31.9 Å². The van der Waals surface area contributed by atoms with E-state index in [1.165, 1.54) is 4.57 Å². The highest BCUT2D eigenvalue weighted by Gasteiger charge is 2.36. The molecule has 0 amide bonds. The number of nitrogens with zero attached hydrogens (tertiary/aromatic N) is 2. The number of nitrogens with two attached hydrogens (primary N) is 1. The van der Waals surface area contributed by atoms with Gasteiger partial charge in [-0.25, -0.2) is 0 Å². The Morgan fingerprint density at radius 3 is 3.05 bits per heavy atom. The van der Waals surface area contributed by atoms with Gasteiger partial charge in [0.2, 0.25) is 5.95 Å². The Morgan fingerprint density at radius 2 is 2.33 bits per heavy atom. The summed E-state index contributed by atoms with van der Waals surface area (Å²) in [6.07, 6.45) is 2.01. The van der Waals surface area contributed by atoms with Crippen molar-refractivity contribution in [3.8, 4) is 0 Å². The molecule has 3 atom stereocenters. The minimum Gasteiger partial charge on any atom is -0.369 e. The second-order valence-electron chi connectivity index (χ2n) is 4.64. The lowest BCUT2D eigenvalue weighted by molar-refractivity contribution is 0.0131. The number of fused-ring (bicyclic) bond motifs is 1. The van der Waals surface area contributed by atoms with Gasteiger partial charge in [-0.2, -0.15) is 4.98 Å². The molecule has 1 aliphatic heterocycles. The van der Waals surface area contributed by atoms with Crippen molar-refractivity contribution in [2.75, 3.05) is 5.73 Å². The van der Waals surface area contributed by atoms with Crippen LogP contribution in [0.25, 0.3) is 10.3 Å². The van der Waals surface area contributed by atoms with E-state index in [2.05, 4.69) is 16.5 Å². The van der Waals surface area contributed by atoms with Crippen LogP contribution >= 0.6 is 23.1 Å². The Kier molecular flexibility index (Phi) is 3.64. The van der Waals surface area contributed by atoms with Crippen molar-refractivity contribution >= 4 is 39.4 Å². The van der Waals surface area contributed by atoms with Crippen LogP contribution in [0.5, 0.6) is 0 Å². The normalized spacial score (nSPS) is 25.5. The predicted octanol–water partition coefficient (Wildman–Crippen LogP) is 1.28. The number of nitrogen functional groups attached to an aromatic ring is 1. The highest BCUT2D eigenvalue weighted by Crippen LogP contribution is 2.41. The molecule has 3 rings (SSSR count). The van der Waals surface area contributed by atoms with Gasteiger partial charge >= 0.3 is 4.87 Å². The third kappa shape index (κ3) is 2.41. The summed E-state index contributed by atoms with van der Waals surface area (Å²) in [6, 6.07) is 0. The lowest BCUT2D eigenvalue weighted by Crippen LogP contribution is -2.26. The first kappa shape index (κ1) is 14.4. The number of aromatic nitrogens is 3. The zero-order chi connectivity index (χ0) is 15.1. The third-order valence-electron chi connectivity index (χ3n) is 3.16. The van der Waals surface area contributed by atoms with Crippen molar-refractivity contribution in [1.82, 2.24) is 14.5 Å². The minimum absolute atomic E-state index is 0.0157. The van der Waals surface area contributed by atoms with Crippen LogP contribution in [0, 0.1) is 0 Å². The van der Waals surface area contributed by atoms with Gasteiger partial charge in [0.1, 0.15) is 10.1 Å². The molecule has 1 fully saturated rings. The van der Waals surface area contributed by atoms with Gasteiger partial charge in [-0.05, 0) is 13.3 Å². The molecule has 3 unspecified atom stereocenters. The predicted molar refractivity (Wildman–Crippen MR) is 84.7 cm³/mol. The van der Waals surface area contributed by atoms with Crippen molar-refractivity contribution in [2.45, 2.75) is 30.3 Å². The van der Waals surface area contributed by atoms with Crippen molar-refractivity contribution in [3.63, 3.8) is 0 Å². The van der Waals surface area contributed by atoms with Crippen LogP contribution in [0.4, 0.5) is 5.95 Å². The molecule has 0 spiro atoms. The molecule has 2 aromatic heterocycles. The number of thiazole rings is 1. The van der Waals surface area contributed by atoms with Crippen LogP contribution < -0.4 is 16.2 Å². The molecule has 9 heteroatoms. The molecule has 1 aliphatic rings. The SMILES string of the molecule is C=CCC1SC(C)OC1n1c(=O)sc2c(=O)[nH]c(N)nc21. The molecule has 7 nitrogen and oxygen atoms in total. The standard InChI is InChI=1S/C12H14N4O3S2/c1-3-4-6-10(19-5(2)20-6)16-8-7(21-12(16)18)9(17)15-11(13)14-8/h3,5-6,10H,1,4H2,2H3,(H3,13,14,15,17). The van der Waals surface area contributed by atoms with Gasteiger partial charge in [-0.1, -0.05) is 17.4 Å². The Bertz CT molecular complexity index is 809. The Hall–Kier alpha value is -1.58. The molecule has 3 heterocycles. The first-order chi connectivity index (χ1) is 10.0. The summed E-state index contributed by atoms with van der Waals surface area (Å²) in [6.45, 7) is 5.66. The van der Waals surface area contributed by atoms with Gasteiger partial charge in [-0.15, -0.1) is 18.3 Å². The van der Waals surface area contributed by atoms with Crippen LogP contribution in [0.1, 0.15) is 19.6 Å². The smallest absolute Gasteiger partial charge is 0.311 e. The quantitative estimate of drug-likeness (QED) is 0.824. The van der Waals surface area contributed by atoms with Crippen molar-refractivity contribution in [1.29, 1.82) is 0 Å². The largest absolute Gasteiger partial charge is 0.369 e. The van der Waals surface area contributed by atoms with Crippen LogP contribution in [0.2, 0.25) is 0 Å². The zero-order valence-electron chi connectivity index (χ0n) is 11.2. The highest BCUT2D eigenvalue weighted by atomic mass is 32.2. The molecule has 0 radical (unpaired) electrons. The number of anilines is 1. The molecule has 21 heavy (non-hydrogen) atoms. The second kappa shape index (κ2) is 5.32. The van der Waals surface area contributed by atoms with Gasteiger partial charge in [-0.3, -0.25) is 19.1 Å². The number of nitrogens with one attached hydrogen (secondary N) is 1. The van der Waals surface area contributed by atoms with Gasteiger partial charge in [0.25, 0.3) is 5.56 Å². The Balaban J connectivity index is 2.20. The van der Waals surface area contributed by atoms with E-state index in [1.807, 2.05) is 6.92 Å². The fourth-order valence-electron chi connectivity index (χ4n) is 2.36. The number of thioether (sulfide) groups is 1. The van der Waals surface area contributed by atoms with E-state index in [9.17, 15) is 9.59 Å². The van der Waals surface area contributed by atoms with Crippen molar-refractivity contribution in [2.24, 2.45) is 0 Å². The number of ether oxygens (including phenoxy) is 1. The monoisotopic (exact) mass is 326 g/mol. The van der Waals surface area contributed by atoms with E-state index in [4.69, 9.17) is 10.5 Å². The van der Waals surface area contributed by atoms with Gasteiger partial charge in [0.05, 0.1) is 5.25 Å². The van der Waals surface area contributed by atoms with E-state index >= 15 is 0 Å².